The highest BCUT2D eigenvalue weighted by Crippen LogP contribution is 2.40. The summed E-state index contributed by atoms with van der Waals surface area (Å²) in [6.45, 7) is 2.14. The van der Waals surface area contributed by atoms with Gasteiger partial charge < -0.3 is 14.6 Å². The summed E-state index contributed by atoms with van der Waals surface area (Å²) >= 11 is 12.6. The van der Waals surface area contributed by atoms with E-state index in [0.29, 0.717) is 16.8 Å². The third-order valence-corrected chi connectivity index (χ3v) is 5.48. The average Bonchev–Trinajstić information content (AvgIpc) is 2.75. The summed E-state index contributed by atoms with van der Waals surface area (Å²) in [5, 5.41) is 7.16. The van der Waals surface area contributed by atoms with Crippen molar-refractivity contribution in [1.82, 2.24) is 9.88 Å². The van der Waals surface area contributed by atoms with Crippen molar-refractivity contribution in [3.8, 4) is 5.75 Å². The summed E-state index contributed by atoms with van der Waals surface area (Å²) in [5.41, 5.74) is 2.38. The van der Waals surface area contributed by atoms with Crippen LogP contribution in [-0.4, -0.2) is 24.8 Å². The van der Waals surface area contributed by atoms with Gasteiger partial charge in [-0.2, -0.15) is 0 Å². The van der Waals surface area contributed by atoms with E-state index in [2.05, 4.69) is 22.0 Å². The third kappa shape index (κ3) is 2.65. The van der Waals surface area contributed by atoms with Crippen LogP contribution in [0.2, 0.25) is 10.0 Å². The zero-order chi connectivity index (χ0) is 16.7. The molecule has 0 amide bonds. The number of ether oxygens (including phenoxy) is 1. The predicted octanol–water partition coefficient (Wildman–Crippen LogP) is 5.42. The normalized spacial score (nSPS) is 18.9. The smallest absolute Gasteiger partial charge is 0.139 e. The van der Waals surface area contributed by atoms with Crippen LogP contribution in [0.15, 0.2) is 30.3 Å². The number of fused-ring (bicyclic) bond motifs is 3. The first kappa shape index (κ1) is 16.1. The van der Waals surface area contributed by atoms with Crippen molar-refractivity contribution in [1.29, 1.82) is 0 Å². The highest BCUT2D eigenvalue weighted by atomic mass is 35.5. The molecule has 126 valence electrons. The molecule has 1 aliphatic heterocycles. The molecule has 3 nitrogen and oxygen atoms in total. The van der Waals surface area contributed by atoms with Gasteiger partial charge in [-0.15, -0.1) is 0 Å². The molecule has 1 saturated heterocycles. The molecule has 1 aliphatic rings. The van der Waals surface area contributed by atoms with Crippen molar-refractivity contribution in [3.05, 3.63) is 40.4 Å². The summed E-state index contributed by atoms with van der Waals surface area (Å²) in [7, 11) is 1.66. The van der Waals surface area contributed by atoms with Crippen LogP contribution in [0, 0.1) is 0 Å². The number of nitrogens with one attached hydrogen (secondary N) is 1. The second kappa shape index (κ2) is 6.47. The number of benzene rings is 2. The van der Waals surface area contributed by atoms with Crippen LogP contribution in [0.4, 0.5) is 0 Å². The Bertz CT molecular complexity index is 895. The van der Waals surface area contributed by atoms with Gasteiger partial charge >= 0.3 is 0 Å². The number of aromatic nitrogens is 1. The Hall–Kier alpha value is -1.42. The van der Waals surface area contributed by atoms with Crippen LogP contribution < -0.4 is 10.1 Å². The van der Waals surface area contributed by atoms with Gasteiger partial charge in [-0.1, -0.05) is 23.2 Å². The Labute approximate surface area is 151 Å². The molecule has 2 aromatic carbocycles. The van der Waals surface area contributed by atoms with E-state index < -0.39 is 0 Å². The summed E-state index contributed by atoms with van der Waals surface area (Å²) in [6.07, 6.45) is 3.47. The molecule has 1 N–H and O–H groups in total. The van der Waals surface area contributed by atoms with E-state index in [1.807, 2.05) is 18.2 Å². The average molecular weight is 363 g/mol. The van der Waals surface area contributed by atoms with Gasteiger partial charge in [0.1, 0.15) is 5.75 Å². The van der Waals surface area contributed by atoms with Gasteiger partial charge in [0.05, 0.1) is 17.6 Å². The van der Waals surface area contributed by atoms with Gasteiger partial charge in [0.2, 0.25) is 0 Å². The van der Waals surface area contributed by atoms with Crippen molar-refractivity contribution >= 4 is 45.0 Å². The van der Waals surface area contributed by atoms with Crippen LogP contribution >= 0.6 is 23.2 Å². The largest absolute Gasteiger partial charge is 0.495 e. The quantitative estimate of drug-likeness (QED) is 0.658. The number of methoxy groups -OCH3 is 1. The topological polar surface area (TPSA) is 26.2 Å². The Kier molecular flexibility index (Phi) is 4.33. The molecule has 0 saturated carbocycles. The zero-order valence-corrected chi connectivity index (χ0v) is 15.1. The third-order valence-electron chi connectivity index (χ3n) is 4.95. The van der Waals surface area contributed by atoms with Crippen molar-refractivity contribution in [2.24, 2.45) is 0 Å². The first-order valence-electron chi connectivity index (χ1n) is 8.36. The minimum atomic E-state index is 0.465. The summed E-state index contributed by atoms with van der Waals surface area (Å²) in [5.74, 6) is 0.714. The molecule has 1 fully saturated rings. The van der Waals surface area contributed by atoms with E-state index in [0.717, 1.165) is 35.3 Å². The van der Waals surface area contributed by atoms with E-state index in [4.69, 9.17) is 27.9 Å². The van der Waals surface area contributed by atoms with Crippen molar-refractivity contribution in [2.75, 3.05) is 20.2 Å². The van der Waals surface area contributed by atoms with Crippen molar-refractivity contribution in [2.45, 2.75) is 25.3 Å². The molecule has 0 spiro atoms. The van der Waals surface area contributed by atoms with E-state index in [9.17, 15) is 0 Å². The second-order valence-corrected chi connectivity index (χ2v) is 7.21. The molecule has 0 aliphatic carbocycles. The molecule has 3 aromatic rings. The lowest BCUT2D eigenvalue weighted by Crippen LogP contribution is -2.15. The van der Waals surface area contributed by atoms with Gasteiger partial charge in [0.15, 0.2) is 0 Å². The summed E-state index contributed by atoms with van der Waals surface area (Å²) in [6, 6.07) is 10.6. The highest BCUT2D eigenvalue weighted by Gasteiger charge is 2.21. The van der Waals surface area contributed by atoms with Crippen LogP contribution in [0.1, 0.15) is 25.3 Å². The zero-order valence-electron chi connectivity index (χ0n) is 13.6. The number of hydrogen-bond acceptors (Lipinski definition) is 2. The molecular formula is C19H20Cl2N2O. The number of hydrogen-bond donors (Lipinski definition) is 1. The Morgan fingerprint density at radius 1 is 1.04 bits per heavy atom. The maximum absolute atomic E-state index is 6.39. The molecule has 0 radical (unpaired) electrons. The Balaban J connectivity index is 2.03. The maximum atomic E-state index is 6.39. The monoisotopic (exact) mass is 362 g/mol. The Morgan fingerprint density at radius 3 is 2.71 bits per heavy atom. The maximum Gasteiger partial charge on any atom is 0.139 e. The number of rotatable bonds is 2. The number of halogens is 2. The van der Waals surface area contributed by atoms with Gasteiger partial charge in [-0.3, -0.25) is 0 Å². The first-order valence-corrected chi connectivity index (χ1v) is 9.12. The number of nitrogens with zero attached hydrogens (tertiary/aromatic N) is 1. The summed E-state index contributed by atoms with van der Waals surface area (Å²) in [4.78, 5) is 0. The van der Waals surface area contributed by atoms with Gasteiger partial charge in [-0.25, -0.2) is 0 Å². The lowest BCUT2D eigenvalue weighted by atomic mass is 10.1. The van der Waals surface area contributed by atoms with E-state index in [-0.39, 0.29) is 0 Å². The van der Waals surface area contributed by atoms with E-state index >= 15 is 0 Å². The van der Waals surface area contributed by atoms with Gasteiger partial charge in [0.25, 0.3) is 0 Å². The molecule has 0 unspecified atom stereocenters. The molecule has 24 heavy (non-hydrogen) atoms. The van der Waals surface area contributed by atoms with Crippen LogP contribution in [0.5, 0.6) is 5.75 Å². The van der Waals surface area contributed by atoms with Gasteiger partial charge in [-0.05, 0) is 56.6 Å². The summed E-state index contributed by atoms with van der Waals surface area (Å²) < 4.78 is 7.91. The van der Waals surface area contributed by atoms with E-state index in [1.165, 1.54) is 23.9 Å². The van der Waals surface area contributed by atoms with Crippen molar-refractivity contribution < 1.29 is 4.74 Å². The first-order chi connectivity index (χ1) is 11.7. The minimum absolute atomic E-state index is 0.465. The molecular weight excluding hydrogens is 343 g/mol. The van der Waals surface area contributed by atoms with E-state index in [1.54, 1.807) is 7.11 Å². The SMILES string of the molecule is COc1cc2c(cc1Cl)c1cc(Cl)ccc1n2[C@@H]1CCCNCC1. The lowest BCUT2D eigenvalue weighted by Gasteiger charge is -2.19. The molecule has 0 bridgehead atoms. The molecule has 5 heteroatoms. The standard InChI is InChI=1S/C19H20Cl2N2O/c1-24-19-11-18-15(10-16(19)21)14-9-12(20)4-5-17(14)23(18)13-3-2-7-22-8-6-13/h4-5,9-11,13,22H,2-3,6-8H2,1H3/t13-/m1/s1. The minimum Gasteiger partial charge on any atom is -0.495 e. The fourth-order valence-corrected chi connectivity index (χ4v) is 4.24. The predicted molar refractivity (Wildman–Crippen MR) is 102 cm³/mol. The molecule has 1 aromatic heterocycles. The van der Waals surface area contributed by atoms with Crippen LogP contribution in [0.25, 0.3) is 21.8 Å². The lowest BCUT2D eigenvalue weighted by molar-refractivity contribution is 0.415. The van der Waals surface area contributed by atoms with Crippen LogP contribution in [0.3, 0.4) is 0 Å². The molecule has 1 atom stereocenters. The van der Waals surface area contributed by atoms with Crippen molar-refractivity contribution in [3.63, 3.8) is 0 Å². The molecule has 4 rings (SSSR count). The highest BCUT2D eigenvalue weighted by molar-refractivity contribution is 6.34. The second-order valence-electron chi connectivity index (χ2n) is 6.37. The van der Waals surface area contributed by atoms with Gasteiger partial charge in [0, 0.05) is 33.4 Å². The fourth-order valence-electron chi connectivity index (χ4n) is 3.83. The van der Waals surface area contributed by atoms with Crippen LogP contribution in [-0.2, 0) is 0 Å². The molecule has 2 heterocycles. The fraction of sp³-hybridized carbons (Fsp3) is 0.368. The Morgan fingerprint density at radius 2 is 1.88 bits per heavy atom.